The minimum atomic E-state index is -0.275. The number of benzene rings is 2. The number of hydrogen-bond donors (Lipinski definition) is 3. The minimum absolute atomic E-state index is 0.0587. The quantitative estimate of drug-likeness (QED) is 0.799. The SMILES string of the molecule is CC(Nc1cccc(Cl)c1N(C)C)c1c(O)cccc1O. The Morgan fingerprint density at radius 1 is 1.05 bits per heavy atom. The van der Waals surface area contributed by atoms with Crippen LogP contribution in [0.2, 0.25) is 5.02 Å². The molecule has 1 atom stereocenters. The second-order valence-corrected chi connectivity index (χ2v) is 5.51. The highest BCUT2D eigenvalue weighted by atomic mass is 35.5. The van der Waals surface area contributed by atoms with Crippen molar-refractivity contribution >= 4 is 23.0 Å². The van der Waals surface area contributed by atoms with Gasteiger partial charge in [-0.3, -0.25) is 0 Å². The molecule has 0 saturated heterocycles. The number of para-hydroxylation sites is 1. The van der Waals surface area contributed by atoms with Gasteiger partial charge in [0.25, 0.3) is 0 Å². The average Bonchev–Trinajstić information content (AvgIpc) is 2.37. The average molecular weight is 307 g/mol. The van der Waals surface area contributed by atoms with Gasteiger partial charge in [0.15, 0.2) is 0 Å². The lowest BCUT2D eigenvalue weighted by Gasteiger charge is -2.24. The summed E-state index contributed by atoms with van der Waals surface area (Å²) in [6.45, 7) is 1.87. The van der Waals surface area contributed by atoms with Crippen LogP contribution in [0.15, 0.2) is 36.4 Å². The molecule has 3 N–H and O–H groups in total. The first-order valence-corrected chi connectivity index (χ1v) is 7.02. The standard InChI is InChI=1S/C16H19ClN2O2/c1-10(15-13(20)8-5-9-14(15)21)18-12-7-4-6-11(17)16(12)19(2)3/h4-10,18,20-21H,1-3H3. The smallest absolute Gasteiger partial charge is 0.124 e. The van der Waals surface area contributed by atoms with Crippen LogP contribution in [0, 0.1) is 0 Å². The summed E-state index contributed by atoms with van der Waals surface area (Å²) in [5.41, 5.74) is 2.16. The van der Waals surface area contributed by atoms with Crippen LogP contribution >= 0.6 is 11.6 Å². The van der Waals surface area contributed by atoms with Crippen molar-refractivity contribution in [3.63, 3.8) is 0 Å². The fourth-order valence-electron chi connectivity index (χ4n) is 2.38. The third-order valence-corrected chi connectivity index (χ3v) is 3.60. The Hall–Kier alpha value is -2.07. The first kappa shape index (κ1) is 15.3. The Morgan fingerprint density at radius 2 is 1.62 bits per heavy atom. The van der Waals surface area contributed by atoms with E-state index in [2.05, 4.69) is 5.32 Å². The highest BCUT2D eigenvalue weighted by molar-refractivity contribution is 6.34. The molecule has 1 unspecified atom stereocenters. The predicted molar refractivity (Wildman–Crippen MR) is 87.6 cm³/mol. The molecule has 0 aromatic heterocycles. The van der Waals surface area contributed by atoms with Crippen LogP contribution in [0.25, 0.3) is 0 Å². The molecule has 2 aromatic carbocycles. The van der Waals surface area contributed by atoms with Crippen molar-refractivity contribution in [2.45, 2.75) is 13.0 Å². The van der Waals surface area contributed by atoms with Crippen molar-refractivity contribution in [3.8, 4) is 11.5 Å². The van der Waals surface area contributed by atoms with Gasteiger partial charge >= 0.3 is 0 Å². The highest BCUT2D eigenvalue weighted by Crippen LogP contribution is 2.38. The molecular weight excluding hydrogens is 288 g/mol. The van der Waals surface area contributed by atoms with Gasteiger partial charge in [0.2, 0.25) is 0 Å². The van der Waals surface area contributed by atoms with Crippen molar-refractivity contribution in [1.29, 1.82) is 0 Å². The molecular formula is C16H19ClN2O2. The Balaban J connectivity index is 2.37. The van der Waals surface area contributed by atoms with E-state index >= 15 is 0 Å². The number of rotatable bonds is 4. The van der Waals surface area contributed by atoms with Gasteiger partial charge in [-0.1, -0.05) is 23.7 Å². The zero-order valence-electron chi connectivity index (χ0n) is 12.3. The summed E-state index contributed by atoms with van der Waals surface area (Å²) < 4.78 is 0. The lowest BCUT2D eigenvalue weighted by molar-refractivity contribution is 0.434. The van der Waals surface area contributed by atoms with Gasteiger partial charge in [-0.2, -0.15) is 0 Å². The van der Waals surface area contributed by atoms with E-state index in [1.807, 2.05) is 44.1 Å². The van der Waals surface area contributed by atoms with Gasteiger partial charge in [0.05, 0.1) is 28.0 Å². The van der Waals surface area contributed by atoms with Crippen LogP contribution < -0.4 is 10.2 Å². The van der Waals surface area contributed by atoms with Gasteiger partial charge in [-0.25, -0.2) is 0 Å². The first-order valence-electron chi connectivity index (χ1n) is 6.65. The van der Waals surface area contributed by atoms with E-state index in [4.69, 9.17) is 11.6 Å². The van der Waals surface area contributed by atoms with E-state index in [1.54, 1.807) is 18.2 Å². The van der Waals surface area contributed by atoms with Gasteiger partial charge in [0, 0.05) is 14.1 Å². The number of phenolic OH excluding ortho intramolecular Hbond substituents is 2. The molecule has 0 fully saturated rings. The Kier molecular flexibility index (Phi) is 4.48. The molecule has 2 rings (SSSR count). The van der Waals surface area contributed by atoms with Crippen molar-refractivity contribution in [2.24, 2.45) is 0 Å². The van der Waals surface area contributed by atoms with Crippen LogP contribution in [0.1, 0.15) is 18.5 Å². The molecule has 0 heterocycles. The Bertz CT molecular complexity index is 624. The van der Waals surface area contributed by atoms with E-state index in [0.717, 1.165) is 11.4 Å². The van der Waals surface area contributed by atoms with Crippen LogP contribution in [0.4, 0.5) is 11.4 Å². The van der Waals surface area contributed by atoms with Crippen LogP contribution in [0.3, 0.4) is 0 Å². The maximum Gasteiger partial charge on any atom is 0.124 e. The van der Waals surface area contributed by atoms with Crippen LogP contribution in [0.5, 0.6) is 11.5 Å². The molecule has 0 aliphatic heterocycles. The Labute approximate surface area is 129 Å². The number of aromatic hydroxyl groups is 2. The normalized spacial score (nSPS) is 12.0. The molecule has 0 saturated carbocycles. The number of nitrogens with one attached hydrogen (secondary N) is 1. The second-order valence-electron chi connectivity index (χ2n) is 5.11. The van der Waals surface area contributed by atoms with E-state index in [9.17, 15) is 10.2 Å². The maximum absolute atomic E-state index is 9.94. The zero-order valence-corrected chi connectivity index (χ0v) is 13.0. The van der Waals surface area contributed by atoms with Gasteiger partial charge in [-0.05, 0) is 31.2 Å². The monoisotopic (exact) mass is 306 g/mol. The third-order valence-electron chi connectivity index (χ3n) is 3.30. The second kappa shape index (κ2) is 6.14. The van der Waals surface area contributed by atoms with E-state index in [1.165, 1.54) is 0 Å². The molecule has 5 heteroatoms. The number of anilines is 2. The summed E-state index contributed by atoms with van der Waals surface area (Å²) in [7, 11) is 3.82. The summed E-state index contributed by atoms with van der Waals surface area (Å²) in [5.74, 6) is 0.117. The van der Waals surface area contributed by atoms with Crippen molar-refractivity contribution in [1.82, 2.24) is 0 Å². The number of phenols is 2. The van der Waals surface area contributed by atoms with Crippen LogP contribution in [-0.2, 0) is 0 Å². The van der Waals surface area contributed by atoms with Crippen molar-refractivity contribution < 1.29 is 10.2 Å². The summed E-state index contributed by atoms with van der Waals surface area (Å²) in [4.78, 5) is 1.92. The lowest BCUT2D eigenvalue weighted by atomic mass is 10.1. The van der Waals surface area contributed by atoms with Crippen molar-refractivity contribution in [3.05, 3.63) is 47.0 Å². The molecule has 0 aliphatic carbocycles. The zero-order chi connectivity index (χ0) is 15.6. The maximum atomic E-state index is 9.94. The van der Waals surface area contributed by atoms with Crippen LogP contribution in [-0.4, -0.2) is 24.3 Å². The summed E-state index contributed by atoms with van der Waals surface area (Å²) in [6.07, 6.45) is 0. The number of hydrogen-bond acceptors (Lipinski definition) is 4. The fraction of sp³-hybridized carbons (Fsp3) is 0.250. The van der Waals surface area contributed by atoms with Crippen molar-refractivity contribution in [2.75, 3.05) is 24.3 Å². The highest BCUT2D eigenvalue weighted by Gasteiger charge is 2.17. The molecule has 0 aliphatic rings. The third kappa shape index (κ3) is 3.16. The molecule has 112 valence electrons. The molecule has 21 heavy (non-hydrogen) atoms. The molecule has 2 aromatic rings. The summed E-state index contributed by atoms with van der Waals surface area (Å²) in [5, 5.41) is 23.8. The fourth-order valence-corrected chi connectivity index (χ4v) is 2.72. The minimum Gasteiger partial charge on any atom is -0.507 e. The van der Waals surface area contributed by atoms with Gasteiger partial charge in [0.1, 0.15) is 11.5 Å². The topological polar surface area (TPSA) is 55.7 Å². The molecule has 0 amide bonds. The molecule has 0 bridgehead atoms. The number of halogens is 1. The van der Waals surface area contributed by atoms with E-state index < -0.39 is 0 Å². The molecule has 0 radical (unpaired) electrons. The predicted octanol–water partition coefficient (Wildman–Crippen LogP) is 3.99. The van der Waals surface area contributed by atoms with Gasteiger partial charge < -0.3 is 20.4 Å². The molecule has 0 spiro atoms. The van der Waals surface area contributed by atoms with E-state index in [0.29, 0.717) is 10.6 Å². The Morgan fingerprint density at radius 3 is 2.19 bits per heavy atom. The first-order chi connectivity index (χ1) is 9.91. The molecule has 4 nitrogen and oxygen atoms in total. The summed E-state index contributed by atoms with van der Waals surface area (Å²) in [6, 6.07) is 10.0. The lowest BCUT2D eigenvalue weighted by Crippen LogP contribution is -2.14. The summed E-state index contributed by atoms with van der Waals surface area (Å²) >= 11 is 6.24. The van der Waals surface area contributed by atoms with E-state index in [-0.39, 0.29) is 17.5 Å². The number of nitrogens with zero attached hydrogens (tertiary/aromatic N) is 1. The van der Waals surface area contributed by atoms with Gasteiger partial charge in [-0.15, -0.1) is 0 Å². The largest absolute Gasteiger partial charge is 0.507 e.